The number of ether oxygens (including phenoxy) is 1. The fourth-order valence-corrected chi connectivity index (χ4v) is 2.70. The smallest absolute Gasteiger partial charge is 0.255 e. The first-order chi connectivity index (χ1) is 12.2. The summed E-state index contributed by atoms with van der Waals surface area (Å²) in [5.41, 5.74) is 1.97. The predicted octanol–water partition coefficient (Wildman–Crippen LogP) is 3.04. The number of rotatable bonds is 6. The zero-order valence-electron chi connectivity index (χ0n) is 13.8. The molecule has 0 aliphatic carbocycles. The van der Waals surface area contributed by atoms with Crippen LogP contribution in [0.3, 0.4) is 0 Å². The molecule has 25 heavy (non-hydrogen) atoms. The summed E-state index contributed by atoms with van der Waals surface area (Å²) in [6.07, 6.45) is 1.90. The molecule has 0 bridgehead atoms. The van der Waals surface area contributed by atoms with Gasteiger partial charge in [-0.1, -0.05) is 23.9 Å². The second-order valence-corrected chi connectivity index (χ2v) is 5.78. The van der Waals surface area contributed by atoms with E-state index in [1.54, 1.807) is 28.9 Å². The highest BCUT2D eigenvalue weighted by molar-refractivity contribution is 7.98. The number of amides is 1. The summed E-state index contributed by atoms with van der Waals surface area (Å²) in [7, 11) is 0. The number of carbonyl (C=O) groups is 1. The fourth-order valence-electron chi connectivity index (χ4n) is 2.27. The number of nitrogens with zero attached hydrogens (tertiary/aromatic N) is 4. The number of benzene rings is 2. The molecule has 0 aliphatic heterocycles. The van der Waals surface area contributed by atoms with Crippen LogP contribution in [0.15, 0.2) is 53.7 Å². The molecule has 3 aromatic rings. The van der Waals surface area contributed by atoms with Crippen molar-refractivity contribution in [3.05, 3.63) is 54.1 Å². The largest absolute Gasteiger partial charge is 0.492 e. The summed E-state index contributed by atoms with van der Waals surface area (Å²) < 4.78 is 7.15. The summed E-state index contributed by atoms with van der Waals surface area (Å²) in [4.78, 5) is 12.5. The molecule has 7 nitrogen and oxygen atoms in total. The molecule has 2 aromatic carbocycles. The van der Waals surface area contributed by atoms with E-state index in [0.717, 1.165) is 5.69 Å². The summed E-state index contributed by atoms with van der Waals surface area (Å²) in [5.74, 6) is 0.439. The number of carbonyl (C=O) groups excluding carboxylic acids is 1. The standard InChI is InChI=1S/C17H17N5O2S/c1-3-24-15-7-5-4-6-14(15)18-16(23)12-8-10-13(11-9-12)22-17(25-2)19-20-21-22/h4-11H,3H2,1-2H3,(H,18,23). The molecule has 1 N–H and O–H groups in total. The van der Waals surface area contributed by atoms with Crippen molar-refractivity contribution in [2.45, 2.75) is 12.1 Å². The Hall–Kier alpha value is -2.87. The van der Waals surface area contributed by atoms with Gasteiger partial charge in [-0.3, -0.25) is 4.79 Å². The quantitative estimate of drug-likeness (QED) is 0.685. The van der Waals surface area contributed by atoms with Crippen LogP contribution >= 0.6 is 11.8 Å². The molecule has 0 saturated heterocycles. The molecule has 128 valence electrons. The molecule has 1 heterocycles. The molecule has 1 amide bonds. The van der Waals surface area contributed by atoms with Crippen molar-refractivity contribution in [1.29, 1.82) is 0 Å². The summed E-state index contributed by atoms with van der Waals surface area (Å²) in [5, 5.41) is 15.1. The molecule has 0 radical (unpaired) electrons. The first-order valence-electron chi connectivity index (χ1n) is 7.69. The minimum absolute atomic E-state index is 0.208. The summed E-state index contributed by atoms with van der Waals surface area (Å²) >= 11 is 1.45. The van der Waals surface area contributed by atoms with Gasteiger partial charge in [0.15, 0.2) is 0 Å². The van der Waals surface area contributed by atoms with Gasteiger partial charge >= 0.3 is 0 Å². The molecule has 0 spiro atoms. The van der Waals surface area contributed by atoms with Crippen LogP contribution in [0, 0.1) is 0 Å². The second-order valence-electron chi connectivity index (χ2n) is 5.01. The van der Waals surface area contributed by atoms with E-state index in [9.17, 15) is 4.79 Å². The first-order valence-corrected chi connectivity index (χ1v) is 8.91. The molecular formula is C17H17N5O2S. The van der Waals surface area contributed by atoms with E-state index < -0.39 is 0 Å². The van der Waals surface area contributed by atoms with Crippen LogP contribution in [0.1, 0.15) is 17.3 Å². The van der Waals surface area contributed by atoms with Crippen molar-refractivity contribution in [2.75, 3.05) is 18.2 Å². The maximum Gasteiger partial charge on any atom is 0.255 e. The van der Waals surface area contributed by atoms with Gasteiger partial charge in [-0.15, -0.1) is 5.10 Å². The van der Waals surface area contributed by atoms with E-state index in [1.165, 1.54) is 11.8 Å². The molecule has 1 aromatic heterocycles. The Bertz CT molecular complexity index is 863. The van der Waals surface area contributed by atoms with Crippen LogP contribution in [0.2, 0.25) is 0 Å². The lowest BCUT2D eigenvalue weighted by Crippen LogP contribution is -2.13. The Balaban J connectivity index is 1.78. The van der Waals surface area contributed by atoms with Gasteiger partial charge in [0.25, 0.3) is 5.91 Å². The number of tetrazole rings is 1. The van der Waals surface area contributed by atoms with Gasteiger partial charge in [0, 0.05) is 5.56 Å². The van der Waals surface area contributed by atoms with Gasteiger partial charge in [-0.2, -0.15) is 4.68 Å². The van der Waals surface area contributed by atoms with Crippen LogP contribution in [0.5, 0.6) is 5.75 Å². The van der Waals surface area contributed by atoms with Gasteiger partial charge in [0.05, 0.1) is 18.0 Å². The van der Waals surface area contributed by atoms with E-state index in [0.29, 0.717) is 28.8 Å². The molecule has 0 fully saturated rings. The van der Waals surface area contributed by atoms with Crippen LogP contribution in [-0.2, 0) is 0 Å². The summed E-state index contributed by atoms with van der Waals surface area (Å²) in [6.45, 7) is 2.43. The zero-order valence-corrected chi connectivity index (χ0v) is 14.7. The average molecular weight is 355 g/mol. The molecule has 3 rings (SSSR count). The SMILES string of the molecule is CCOc1ccccc1NC(=O)c1ccc(-n2nnnc2SC)cc1. The minimum Gasteiger partial charge on any atom is -0.492 e. The molecule has 0 atom stereocenters. The second kappa shape index (κ2) is 7.80. The normalized spacial score (nSPS) is 10.5. The highest BCUT2D eigenvalue weighted by Crippen LogP contribution is 2.24. The van der Waals surface area contributed by atoms with E-state index in [4.69, 9.17) is 4.74 Å². The molecular weight excluding hydrogens is 338 g/mol. The topological polar surface area (TPSA) is 81.9 Å². The van der Waals surface area contributed by atoms with E-state index in [-0.39, 0.29) is 5.91 Å². The van der Waals surface area contributed by atoms with Crippen molar-refractivity contribution in [3.8, 4) is 11.4 Å². The van der Waals surface area contributed by atoms with Crippen LogP contribution < -0.4 is 10.1 Å². The molecule has 0 saturated carbocycles. The van der Waals surface area contributed by atoms with E-state index in [2.05, 4.69) is 20.8 Å². The van der Waals surface area contributed by atoms with Gasteiger partial charge < -0.3 is 10.1 Å². The van der Waals surface area contributed by atoms with E-state index in [1.807, 2.05) is 37.4 Å². The number of thioether (sulfide) groups is 1. The number of anilines is 1. The number of para-hydroxylation sites is 2. The van der Waals surface area contributed by atoms with Crippen molar-refractivity contribution in [1.82, 2.24) is 20.2 Å². The maximum absolute atomic E-state index is 12.5. The fraction of sp³-hybridized carbons (Fsp3) is 0.176. The molecule has 0 aliphatic rings. The minimum atomic E-state index is -0.208. The third-order valence-electron chi connectivity index (χ3n) is 3.43. The van der Waals surface area contributed by atoms with E-state index >= 15 is 0 Å². The summed E-state index contributed by atoms with van der Waals surface area (Å²) in [6, 6.07) is 14.4. The number of hydrogen-bond acceptors (Lipinski definition) is 6. The van der Waals surface area contributed by atoms with Crippen LogP contribution in [0.4, 0.5) is 5.69 Å². The predicted molar refractivity (Wildman–Crippen MR) is 96.5 cm³/mol. The van der Waals surface area contributed by atoms with Crippen molar-refractivity contribution in [3.63, 3.8) is 0 Å². The lowest BCUT2D eigenvalue weighted by molar-refractivity contribution is 0.102. The average Bonchev–Trinajstić information content (AvgIpc) is 3.12. The van der Waals surface area contributed by atoms with Gasteiger partial charge in [-0.25, -0.2) is 0 Å². The Kier molecular flexibility index (Phi) is 5.30. The molecule has 0 unspecified atom stereocenters. The van der Waals surface area contributed by atoms with Gasteiger partial charge in [0.2, 0.25) is 5.16 Å². The zero-order chi connectivity index (χ0) is 17.6. The third-order valence-corrected chi connectivity index (χ3v) is 4.05. The first kappa shape index (κ1) is 17.0. The van der Waals surface area contributed by atoms with Crippen molar-refractivity contribution >= 4 is 23.4 Å². The van der Waals surface area contributed by atoms with Gasteiger partial charge in [0.1, 0.15) is 5.75 Å². The monoisotopic (exact) mass is 355 g/mol. The highest BCUT2D eigenvalue weighted by atomic mass is 32.2. The number of nitrogens with one attached hydrogen (secondary N) is 1. The Morgan fingerprint density at radius 3 is 2.68 bits per heavy atom. The van der Waals surface area contributed by atoms with Crippen LogP contribution in [-0.4, -0.2) is 39.0 Å². The highest BCUT2D eigenvalue weighted by Gasteiger charge is 2.11. The number of hydrogen-bond donors (Lipinski definition) is 1. The Morgan fingerprint density at radius 2 is 1.96 bits per heavy atom. The third kappa shape index (κ3) is 3.80. The van der Waals surface area contributed by atoms with Crippen molar-refractivity contribution < 1.29 is 9.53 Å². The van der Waals surface area contributed by atoms with Gasteiger partial charge in [-0.05, 0) is 60.0 Å². The Labute approximate surface area is 149 Å². The lowest BCUT2D eigenvalue weighted by Gasteiger charge is -2.11. The Morgan fingerprint density at radius 1 is 1.20 bits per heavy atom. The van der Waals surface area contributed by atoms with Crippen LogP contribution in [0.25, 0.3) is 5.69 Å². The molecule has 8 heteroatoms. The lowest BCUT2D eigenvalue weighted by atomic mass is 10.2. The maximum atomic E-state index is 12.5. The van der Waals surface area contributed by atoms with Crippen molar-refractivity contribution in [2.24, 2.45) is 0 Å². The number of aromatic nitrogens is 4.